The molecule has 0 spiro atoms. The summed E-state index contributed by atoms with van der Waals surface area (Å²) in [4.78, 5) is 16.0. The lowest BCUT2D eigenvalue weighted by Crippen LogP contribution is -2.40. The fourth-order valence-electron chi connectivity index (χ4n) is 4.40. The van der Waals surface area contributed by atoms with Gasteiger partial charge in [-0.15, -0.1) is 0 Å². The molecule has 6 heteroatoms. The molecule has 1 aliphatic carbocycles. The predicted octanol–water partition coefficient (Wildman–Crippen LogP) is 4.98. The minimum atomic E-state index is -1.03. The quantitative estimate of drug-likeness (QED) is 0.528. The highest BCUT2D eigenvalue weighted by molar-refractivity contribution is 7.84. The van der Waals surface area contributed by atoms with Crippen molar-refractivity contribution in [2.24, 2.45) is 5.92 Å². The molecule has 0 bridgehead atoms. The fourth-order valence-corrected chi connectivity index (χ4v) is 4.92. The third-order valence-corrected chi connectivity index (χ3v) is 7.13. The molecule has 33 heavy (non-hydrogen) atoms. The molecule has 0 saturated carbocycles. The van der Waals surface area contributed by atoms with Gasteiger partial charge in [0, 0.05) is 41.6 Å². The van der Waals surface area contributed by atoms with E-state index in [0.717, 1.165) is 51.4 Å². The van der Waals surface area contributed by atoms with Crippen LogP contribution in [-0.2, 0) is 15.6 Å². The van der Waals surface area contributed by atoms with Gasteiger partial charge in [-0.05, 0) is 91.1 Å². The Bertz CT molecular complexity index is 1110. The summed E-state index contributed by atoms with van der Waals surface area (Å²) in [6, 6.07) is 12.4. The molecule has 4 nitrogen and oxygen atoms in total. The second-order valence-corrected chi connectivity index (χ2v) is 9.68. The van der Waals surface area contributed by atoms with Crippen LogP contribution in [0.2, 0.25) is 0 Å². The van der Waals surface area contributed by atoms with Crippen LogP contribution in [0.4, 0.5) is 4.39 Å². The number of amides is 1. The van der Waals surface area contributed by atoms with Crippen LogP contribution in [0.3, 0.4) is 0 Å². The van der Waals surface area contributed by atoms with E-state index >= 15 is 0 Å². The Labute approximate surface area is 199 Å². The number of nitrogens with zero attached hydrogens (tertiary/aromatic N) is 1. The number of hydrogen-bond acceptors (Lipinski definition) is 3. The normalized spacial score (nSPS) is 16.1. The number of allylic oxidation sites excluding steroid dienone is 2. The third-order valence-electron chi connectivity index (χ3n) is 6.20. The van der Waals surface area contributed by atoms with Gasteiger partial charge >= 0.3 is 0 Å². The number of hydrogen-bond donors (Lipinski definition) is 1. The second kappa shape index (κ2) is 11.0. The number of carbonyl (C=O) groups excluding carboxylic acids is 1. The van der Waals surface area contributed by atoms with Gasteiger partial charge in [0.15, 0.2) is 0 Å². The summed E-state index contributed by atoms with van der Waals surface area (Å²) >= 11 is 0. The van der Waals surface area contributed by atoms with Gasteiger partial charge in [-0.3, -0.25) is 9.00 Å². The van der Waals surface area contributed by atoms with Crippen molar-refractivity contribution in [2.75, 3.05) is 32.4 Å². The van der Waals surface area contributed by atoms with Crippen LogP contribution >= 0.6 is 0 Å². The number of halogens is 1. The molecular weight excluding hydrogens is 435 g/mol. The van der Waals surface area contributed by atoms with Crippen molar-refractivity contribution in [1.29, 1.82) is 0 Å². The van der Waals surface area contributed by atoms with Crippen LogP contribution in [-0.4, -0.2) is 47.5 Å². The van der Waals surface area contributed by atoms with Crippen LogP contribution < -0.4 is 5.32 Å². The maximum atomic E-state index is 14.3. The first-order valence-electron chi connectivity index (χ1n) is 11.4. The highest BCUT2D eigenvalue weighted by atomic mass is 32.2. The van der Waals surface area contributed by atoms with Crippen LogP contribution in [0.1, 0.15) is 44.4 Å². The van der Waals surface area contributed by atoms with E-state index in [4.69, 9.17) is 0 Å². The lowest BCUT2D eigenvalue weighted by molar-refractivity contribution is -0.132. The summed E-state index contributed by atoms with van der Waals surface area (Å²) in [6.07, 6.45) is 3.71. The molecule has 0 saturated heterocycles. The number of nitrogens with one attached hydrogen (secondary N) is 1. The molecule has 0 heterocycles. The lowest BCUT2D eigenvalue weighted by atomic mass is 9.92. The molecule has 1 N–H and O–H groups in total. The van der Waals surface area contributed by atoms with E-state index in [-0.39, 0.29) is 17.6 Å². The Balaban J connectivity index is 2.01. The van der Waals surface area contributed by atoms with E-state index in [1.165, 1.54) is 12.1 Å². The number of benzene rings is 2. The van der Waals surface area contributed by atoms with Gasteiger partial charge in [-0.2, -0.15) is 0 Å². The Morgan fingerprint density at radius 2 is 1.85 bits per heavy atom. The van der Waals surface area contributed by atoms with E-state index in [2.05, 4.69) is 11.4 Å². The van der Waals surface area contributed by atoms with Gasteiger partial charge < -0.3 is 10.2 Å². The highest BCUT2D eigenvalue weighted by Crippen LogP contribution is 2.46. The topological polar surface area (TPSA) is 49.4 Å². The summed E-state index contributed by atoms with van der Waals surface area (Å²) in [5, 5.41) is 3.27. The minimum absolute atomic E-state index is 0.0518. The van der Waals surface area contributed by atoms with Crippen molar-refractivity contribution in [3.63, 3.8) is 0 Å². The minimum Gasteiger partial charge on any atom is -0.341 e. The molecule has 0 fully saturated rings. The molecule has 0 aliphatic heterocycles. The van der Waals surface area contributed by atoms with Gasteiger partial charge in [0.1, 0.15) is 5.82 Å². The molecule has 0 aromatic heterocycles. The maximum Gasteiger partial charge on any atom is 0.229 e. The van der Waals surface area contributed by atoms with Crippen LogP contribution in [0.5, 0.6) is 0 Å². The van der Waals surface area contributed by atoms with Gasteiger partial charge in [0.05, 0.1) is 5.92 Å². The van der Waals surface area contributed by atoms with E-state index < -0.39 is 10.8 Å². The summed E-state index contributed by atoms with van der Waals surface area (Å²) < 4.78 is 26.0. The van der Waals surface area contributed by atoms with Crippen LogP contribution in [0, 0.1) is 11.7 Å². The maximum absolute atomic E-state index is 14.3. The number of fused-ring (bicyclic) bond motifs is 1. The molecule has 1 amide bonds. The zero-order valence-corrected chi connectivity index (χ0v) is 20.9. The van der Waals surface area contributed by atoms with Crippen molar-refractivity contribution >= 4 is 33.9 Å². The Kier molecular flexibility index (Phi) is 8.38. The summed E-state index contributed by atoms with van der Waals surface area (Å²) in [6.45, 7) is 10.8. The van der Waals surface area contributed by atoms with Gasteiger partial charge in [-0.25, -0.2) is 4.39 Å². The van der Waals surface area contributed by atoms with Crippen molar-refractivity contribution in [3.8, 4) is 0 Å². The highest BCUT2D eigenvalue weighted by Gasteiger charge is 2.32. The molecule has 1 aliphatic rings. The van der Waals surface area contributed by atoms with Crippen molar-refractivity contribution < 1.29 is 13.4 Å². The number of rotatable bonds is 9. The zero-order valence-electron chi connectivity index (χ0n) is 20.1. The molecule has 3 rings (SSSR count). The summed E-state index contributed by atoms with van der Waals surface area (Å²) in [7, 11) is -1.03. The number of likely N-dealkylation sites (N-methyl/N-ethyl adjacent to an activating group) is 2. The average Bonchev–Trinajstić information content (AvgIpc) is 3.06. The van der Waals surface area contributed by atoms with Crippen molar-refractivity contribution in [1.82, 2.24) is 10.2 Å². The summed E-state index contributed by atoms with van der Waals surface area (Å²) in [5.74, 6) is -0.645. The summed E-state index contributed by atoms with van der Waals surface area (Å²) in [5.41, 5.74) is 5.54. The standard InChI is InChI=1S/C27H33FN2O2S/c1-6-29-14-15-30(7-2)27(31)19(4)26-18(3)24(23-13-10-21(28)17-25(23)26)16-20-8-11-22(12-9-20)33(5)32/h8-13,16-17,19,29H,6-7,14-15H2,1-5H3/b24-16-. The average molecular weight is 469 g/mol. The fraction of sp³-hybridized carbons (Fsp3) is 0.370. The number of carbonyl (C=O) groups is 1. The lowest BCUT2D eigenvalue weighted by Gasteiger charge is -2.26. The SMILES string of the molecule is CCNCCN(CC)C(=O)C(C)C1=C(C)/C(=C/c2ccc(S(C)=O)cc2)c2ccc(F)cc21. The van der Waals surface area contributed by atoms with Gasteiger partial charge in [0.2, 0.25) is 5.91 Å². The third kappa shape index (κ3) is 5.50. The Morgan fingerprint density at radius 1 is 1.15 bits per heavy atom. The van der Waals surface area contributed by atoms with Crippen LogP contribution in [0.25, 0.3) is 17.2 Å². The Hall–Kier alpha value is -2.57. The van der Waals surface area contributed by atoms with Crippen molar-refractivity contribution in [2.45, 2.75) is 32.6 Å². The predicted molar refractivity (Wildman–Crippen MR) is 136 cm³/mol. The monoisotopic (exact) mass is 468 g/mol. The molecule has 2 unspecified atom stereocenters. The van der Waals surface area contributed by atoms with E-state index in [0.29, 0.717) is 13.1 Å². The van der Waals surface area contributed by atoms with E-state index in [1.54, 1.807) is 12.3 Å². The molecule has 2 aromatic rings. The molecule has 2 aromatic carbocycles. The van der Waals surface area contributed by atoms with Gasteiger partial charge in [-0.1, -0.05) is 25.1 Å². The molecule has 0 radical (unpaired) electrons. The van der Waals surface area contributed by atoms with Gasteiger partial charge in [0.25, 0.3) is 0 Å². The van der Waals surface area contributed by atoms with E-state index in [1.807, 2.05) is 56.9 Å². The van der Waals surface area contributed by atoms with E-state index in [9.17, 15) is 13.4 Å². The smallest absolute Gasteiger partial charge is 0.229 e. The second-order valence-electron chi connectivity index (χ2n) is 8.30. The Morgan fingerprint density at radius 3 is 2.45 bits per heavy atom. The zero-order chi connectivity index (χ0) is 24.1. The first-order chi connectivity index (χ1) is 15.8. The first kappa shape index (κ1) is 25.1. The van der Waals surface area contributed by atoms with Crippen molar-refractivity contribution in [3.05, 3.63) is 70.5 Å². The molecule has 176 valence electrons. The largest absolute Gasteiger partial charge is 0.341 e. The first-order valence-corrected chi connectivity index (χ1v) is 13.0. The molecule has 2 atom stereocenters. The van der Waals surface area contributed by atoms with Crippen LogP contribution in [0.15, 0.2) is 52.9 Å². The molecular formula is C27H33FN2O2S.